The Labute approximate surface area is 178 Å². The number of nitrogens with one attached hydrogen (secondary N) is 2. The van der Waals surface area contributed by atoms with E-state index >= 15 is 0 Å². The quantitative estimate of drug-likeness (QED) is 0.250. The second kappa shape index (κ2) is 9.89. The molecule has 0 amide bonds. The number of nitrogen functional groups attached to an aromatic ring is 1. The number of anilines is 3. The molecule has 1 aromatic heterocycles. The number of nitro groups is 1. The van der Waals surface area contributed by atoms with Gasteiger partial charge in [0.1, 0.15) is 5.82 Å². The number of aromatic nitrogens is 3. The number of aryl methyl sites for hydroxylation is 1. The van der Waals surface area contributed by atoms with Crippen molar-refractivity contribution in [3.05, 3.63) is 75.6 Å². The summed E-state index contributed by atoms with van der Waals surface area (Å²) in [4.78, 5) is 22.7. The molecule has 0 saturated carbocycles. The molecule has 0 radical (unpaired) electrons. The van der Waals surface area contributed by atoms with Crippen molar-refractivity contribution >= 4 is 23.3 Å². The Morgan fingerprint density at radius 3 is 2.39 bits per heavy atom. The van der Waals surface area contributed by atoms with Crippen LogP contribution in [0.2, 0.25) is 0 Å². The highest BCUT2D eigenvalue weighted by Gasteiger charge is 2.21. The van der Waals surface area contributed by atoms with Gasteiger partial charge in [0.25, 0.3) is 5.69 Å². The molecular formula is C20H23N7O4. The largest absolute Gasteiger partial charge is 0.395 e. The maximum absolute atomic E-state index is 10.8. The predicted octanol–water partition coefficient (Wildman–Crippen LogP) is 1.60. The molecule has 0 bridgehead atoms. The highest BCUT2D eigenvalue weighted by molar-refractivity contribution is 5.54. The molecular weight excluding hydrogens is 402 g/mol. The van der Waals surface area contributed by atoms with E-state index in [2.05, 4.69) is 25.6 Å². The first-order valence-electron chi connectivity index (χ1n) is 9.46. The van der Waals surface area contributed by atoms with Gasteiger partial charge >= 0.3 is 0 Å². The summed E-state index contributed by atoms with van der Waals surface area (Å²) in [5.41, 5.74) is 8.03. The van der Waals surface area contributed by atoms with Gasteiger partial charge in [-0.2, -0.15) is 15.0 Å². The molecule has 0 aliphatic carbocycles. The summed E-state index contributed by atoms with van der Waals surface area (Å²) in [6.45, 7) is 1.70. The van der Waals surface area contributed by atoms with E-state index in [0.717, 1.165) is 11.3 Å². The summed E-state index contributed by atoms with van der Waals surface area (Å²) in [6.07, 6.45) is -1.10. The topological polar surface area (TPSA) is 172 Å². The molecule has 31 heavy (non-hydrogen) atoms. The number of non-ortho nitro benzene ring substituents is 1. The fourth-order valence-electron chi connectivity index (χ4n) is 2.86. The van der Waals surface area contributed by atoms with E-state index in [1.54, 1.807) is 0 Å². The van der Waals surface area contributed by atoms with Gasteiger partial charge in [0, 0.05) is 17.8 Å². The van der Waals surface area contributed by atoms with Crippen molar-refractivity contribution < 1.29 is 15.1 Å². The molecule has 11 nitrogen and oxygen atoms in total. The van der Waals surface area contributed by atoms with Crippen LogP contribution in [0, 0.1) is 17.0 Å². The lowest BCUT2D eigenvalue weighted by molar-refractivity contribution is -0.384. The van der Waals surface area contributed by atoms with Crippen LogP contribution >= 0.6 is 0 Å². The number of nitrogens with zero attached hydrogens (tertiary/aromatic N) is 4. The van der Waals surface area contributed by atoms with Crippen molar-refractivity contribution in [1.82, 2.24) is 20.3 Å². The highest BCUT2D eigenvalue weighted by atomic mass is 16.6. The predicted molar refractivity (Wildman–Crippen MR) is 114 cm³/mol. The number of benzene rings is 2. The van der Waals surface area contributed by atoms with Crippen LogP contribution in [0.15, 0.2) is 48.5 Å². The van der Waals surface area contributed by atoms with Gasteiger partial charge in [0.2, 0.25) is 11.9 Å². The molecule has 0 fully saturated rings. The minimum atomic E-state index is -1.10. The molecule has 2 aromatic carbocycles. The van der Waals surface area contributed by atoms with Crippen molar-refractivity contribution in [1.29, 1.82) is 0 Å². The van der Waals surface area contributed by atoms with E-state index < -0.39 is 17.1 Å². The van der Waals surface area contributed by atoms with Crippen LogP contribution in [0.3, 0.4) is 0 Å². The summed E-state index contributed by atoms with van der Waals surface area (Å²) in [5, 5.41) is 37.0. The van der Waals surface area contributed by atoms with Crippen LogP contribution in [0.1, 0.15) is 23.1 Å². The summed E-state index contributed by atoms with van der Waals surface area (Å²) >= 11 is 0. The number of aliphatic hydroxyl groups is 2. The molecule has 162 valence electrons. The summed E-state index contributed by atoms with van der Waals surface area (Å²) in [7, 11) is 0. The minimum absolute atomic E-state index is 0.0258. The molecule has 0 aliphatic heterocycles. The van der Waals surface area contributed by atoms with Crippen molar-refractivity contribution in [2.45, 2.75) is 25.6 Å². The summed E-state index contributed by atoms with van der Waals surface area (Å²) < 4.78 is 0. The number of hydrogen-bond acceptors (Lipinski definition) is 10. The van der Waals surface area contributed by atoms with Gasteiger partial charge < -0.3 is 26.6 Å². The standard InChI is InChI=1S/C20H23N7O4/c1-12-2-6-14(7-3-12)23-20-25-17(24-19(21)26-20)10-22-16(11-28)18(29)13-4-8-15(9-5-13)27(30)31/h2-9,16,18,22,28-29H,10-11H2,1H3,(H3,21,23,24,25,26)/t16-,18-/m0/s1. The molecule has 0 spiro atoms. The Kier molecular flexibility index (Phi) is 7.03. The van der Waals surface area contributed by atoms with Crippen LogP contribution in [-0.4, -0.2) is 42.7 Å². The Bertz CT molecular complexity index is 1030. The fraction of sp³-hybridized carbons (Fsp3) is 0.250. The SMILES string of the molecule is Cc1ccc(Nc2nc(N)nc(CN[C@@H](CO)[C@@H](O)c3ccc([N+](=O)[O-])cc3)n2)cc1. The third kappa shape index (κ3) is 5.92. The Balaban J connectivity index is 1.67. The Morgan fingerprint density at radius 2 is 1.77 bits per heavy atom. The van der Waals surface area contributed by atoms with E-state index in [0.29, 0.717) is 11.4 Å². The lowest BCUT2D eigenvalue weighted by atomic mass is 10.0. The zero-order valence-electron chi connectivity index (χ0n) is 16.8. The summed E-state index contributed by atoms with van der Waals surface area (Å²) in [5.74, 6) is 0.610. The lowest BCUT2D eigenvalue weighted by Gasteiger charge is -2.22. The van der Waals surface area contributed by atoms with Crippen LogP contribution < -0.4 is 16.4 Å². The number of rotatable bonds is 9. The number of nitro benzene ring substituents is 1. The third-order valence-corrected chi connectivity index (χ3v) is 4.55. The van der Waals surface area contributed by atoms with Crippen LogP contribution in [0.4, 0.5) is 23.3 Å². The van der Waals surface area contributed by atoms with Crippen molar-refractivity contribution in [3.8, 4) is 0 Å². The van der Waals surface area contributed by atoms with Gasteiger partial charge in [-0.05, 0) is 36.8 Å². The van der Waals surface area contributed by atoms with E-state index in [9.17, 15) is 20.3 Å². The van der Waals surface area contributed by atoms with Crippen molar-refractivity contribution in [3.63, 3.8) is 0 Å². The van der Waals surface area contributed by atoms with E-state index in [1.165, 1.54) is 24.3 Å². The fourth-order valence-corrected chi connectivity index (χ4v) is 2.86. The summed E-state index contributed by atoms with van der Waals surface area (Å²) in [6, 6.07) is 12.4. The molecule has 3 aromatic rings. The molecule has 3 rings (SSSR count). The Morgan fingerprint density at radius 1 is 1.10 bits per heavy atom. The molecule has 6 N–H and O–H groups in total. The molecule has 0 saturated heterocycles. The maximum Gasteiger partial charge on any atom is 0.269 e. The third-order valence-electron chi connectivity index (χ3n) is 4.55. The monoisotopic (exact) mass is 425 g/mol. The molecule has 0 unspecified atom stereocenters. The van der Waals surface area contributed by atoms with Crippen molar-refractivity contribution in [2.24, 2.45) is 0 Å². The smallest absolute Gasteiger partial charge is 0.269 e. The van der Waals surface area contributed by atoms with E-state index in [1.807, 2.05) is 31.2 Å². The van der Waals surface area contributed by atoms with Gasteiger partial charge in [-0.25, -0.2) is 0 Å². The normalized spacial score (nSPS) is 12.9. The van der Waals surface area contributed by atoms with Crippen LogP contribution in [0.5, 0.6) is 0 Å². The average molecular weight is 425 g/mol. The zero-order chi connectivity index (χ0) is 22.4. The second-order valence-corrected chi connectivity index (χ2v) is 6.89. The lowest BCUT2D eigenvalue weighted by Crippen LogP contribution is -2.38. The maximum atomic E-state index is 10.8. The highest BCUT2D eigenvalue weighted by Crippen LogP contribution is 2.21. The van der Waals surface area contributed by atoms with E-state index in [-0.39, 0.29) is 30.7 Å². The van der Waals surface area contributed by atoms with Gasteiger partial charge in [0.15, 0.2) is 0 Å². The Hall–Kier alpha value is -3.67. The number of hydrogen-bond donors (Lipinski definition) is 5. The molecule has 0 aliphatic rings. The van der Waals surface area contributed by atoms with Crippen LogP contribution in [0.25, 0.3) is 0 Å². The van der Waals surface area contributed by atoms with Crippen molar-refractivity contribution in [2.75, 3.05) is 17.7 Å². The van der Waals surface area contributed by atoms with Gasteiger partial charge in [-0.1, -0.05) is 17.7 Å². The molecule has 1 heterocycles. The molecule has 11 heteroatoms. The van der Waals surface area contributed by atoms with E-state index in [4.69, 9.17) is 5.73 Å². The zero-order valence-corrected chi connectivity index (χ0v) is 16.8. The van der Waals surface area contributed by atoms with Gasteiger partial charge in [-0.15, -0.1) is 0 Å². The first-order valence-corrected chi connectivity index (χ1v) is 9.46. The average Bonchev–Trinajstić information content (AvgIpc) is 2.75. The van der Waals surface area contributed by atoms with Gasteiger partial charge in [-0.3, -0.25) is 10.1 Å². The second-order valence-electron chi connectivity index (χ2n) is 6.89. The number of nitrogens with two attached hydrogens (primary N) is 1. The molecule has 2 atom stereocenters. The van der Waals surface area contributed by atoms with Crippen LogP contribution in [-0.2, 0) is 6.54 Å². The first kappa shape index (κ1) is 22.0. The first-order chi connectivity index (χ1) is 14.9. The van der Waals surface area contributed by atoms with Gasteiger partial charge in [0.05, 0.1) is 30.2 Å². The number of aliphatic hydroxyl groups excluding tert-OH is 2. The minimum Gasteiger partial charge on any atom is -0.395 e.